The number of allylic oxidation sites excluding steroid dienone is 4. The molecule has 0 heterocycles. The van der Waals surface area contributed by atoms with Gasteiger partial charge in [-0.1, -0.05) is 154 Å². The van der Waals surface area contributed by atoms with Crippen molar-refractivity contribution in [1.29, 1.82) is 0 Å². The van der Waals surface area contributed by atoms with Crippen LogP contribution in [0.2, 0.25) is 0 Å². The number of ether oxygens (including phenoxy) is 2. The molecule has 0 spiro atoms. The van der Waals surface area contributed by atoms with Crippen LogP contribution in [0.4, 0.5) is 0 Å². The Balaban J connectivity index is 3.68. The van der Waals surface area contributed by atoms with Gasteiger partial charge in [-0.05, 0) is 71.1 Å². The molecular formula is C42H84NO2+. The fourth-order valence-corrected chi connectivity index (χ4v) is 6.24. The Kier molecular flexibility index (Phi) is 34.2. The van der Waals surface area contributed by atoms with Crippen LogP contribution in [0.1, 0.15) is 201 Å². The zero-order valence-electron chi connectivity index (χ0n) is 31.9. The van der Waals surface area contributed by atoms with Gasteiger partial charge in [-0.25, -0.2) is 0 Å². The summed E-state index contributed by atoms with van der Waals surface area (Å²) in [5.41, 5.74) is 0. The number of quaternary nitrogens is 1. The molecule has 268 valence electrons. The molecular weight excluding hydrogens is 550 g/mol. The molecule has 0 aromatic carbocycles. The maximum Gasteiger partial charge on any atom is 0.219 e. The van der Waals surface area contributed by atoms with Gasteiger partial charge < -0.3 is 14.0 Å². The maximum atomic E-state index is 6.40. The highest BCUT2D eigenvalue weighted by atomic mass is 16.6. The van der Waals surface area contributed by atoms with Crippen LogP contribution >= 0.6 is 0 Å². The van der Waals surface area contributed by atoms with E-state index in [1.165, 1.54) is 173 Å². The second-order valence-electron chi connectivity index (χ2n) is 14.8. The van der Waals surface area contributed by atoms with E-state index in [9.17, 15) is 0 Å². The van der Waals surface area contributed by atoms with E-state index in [1.54, 1.807) is 0 Å². The Morgan fingerprint density at radius 2 is 0.689 bits per heavy atom. The van der Waals surface area contributed by atoms with Crippen LogP contribution in [0.15, 0.2) is 24.3 Å². The van der Waals surface area contributed by atoms with Crippen molar-refractivity contribution in [3.05, 3.63) is 24.3 Å². The molecule has 2 unspecified atom stereocenters. The summed E-state index contributed by atoms with van der Waals surface area (Å²) in [6, 6.07) is 0. The van der Waals surface area contributed by atoms with Crippen molar-refractivity contribution >= 4 is 0 Å². The summed E-state index contributed by atoms with van der Waals surface area (Å²) in [5, 5.41) is 0. The fourth-order valence-electron chi connectivity index (χ4n) is 6.24. The molecule has 0 aliphatic carbocycles. The summed E-state index contributed by atoms with van der Waals surface area (Å²) in [4.78, 5) is 0. The Bertz CT molecular complexity index is 623. The highest BCUT2D eigenvalue weighted by Crippen LogP contribution is 2.16. The lowest BCUT2D eigenvalue weighted by molar-refractivity contribution is -0.923. The molecule has 0 N–H and O–H groups in total. The van der Waals surface area contributed by atoms with Gasteiger partial charge in [0.05, 0.1) is 27.7 Å². The van der Waals surface area contributed by atoms with Crippen molar-refractivity contribution in [3.63, 3.8) is 0 Å². The number of hydrogen-bond donors (Lipinski definition) is 0. The number of rotatable bonds is 36. The molecule has 0 aliphatic rings. The third-order valence-corrected chi connectivity index (χ3v) is 9.15. The lowest BCUT2D eigenvalue weighted by Gasteiger charge is -2.37. The monoisotopic (exact) mass is 635 g/mol. The van der Waals surface area contributed by atoms with Gasteiger partial charge in [0.15, 0.2) is 0 Å². The van der Waals surface area contributed by atoms with Crippen LogP contribution in [0.3, 0.4) is 0 Å². The molecule has 0 saturated carbocycles. The van der Waals surface area contributed by atoms with Crippen molar-refractivity contribution < 1.29 is 14.0 Å². The zero-order valence-corrected chi connectivity index (χ0v) is 31.9. The minimum Gasteiger partial charge on any atom is -0.369 e. The van der Waals surface area contributed by atoms with Gasteiger partial charge in [0.2, 0.25) is 6.23 Å². The van der Waals surface area contributed by atoms with E-state index < -0.39 is 0 Å². The fraction of sp³-hybridized carbons (Fsp3) is 0.905. The van der Waals surface area contributed by atoms with Gasteiger partial charge in [0.1, 0.15) is 6.10 Å². The molecule has 3 nitrogen and oxygen atoms in total. The average Bonchev–Trinajstić information content (AvgIpc) is 3.01. The lowest BCUT2D eigenvalue weighted by Crippen LogP contribution is -2.53. The highest BCUT2D eigenvalue weighted by Gasteiger charge is 2.31. The van der Waals surface area contributed by atoms with Gasteiger partial charge in [0, 0.05) is 6.61 Å². The quantitative estimate of drug-likeness (QED) is 0.0295. The first-order valence-corrected chi connectivity index (χ1v) is 20.3. The van der Waals surface area contributed by atoms with Crippen LogP contribution in [0, 0.1) is 0 Å². The minimum atomic E-state index is 0.0993. The second-order valence-corrected chi connectivity index (χ2v) is 14.8. The number of likely N-dealkylation sites (N-methyl/N-ethyl adjacent to an activating group) is 1. The molecule has 3 heteroatoms. The SMILES string of the molecule is CCCCCCCC/C=C\CCCCCCCCOC(C)C(OCCCCCCCC/C=C\CCCCCCCC)[N+](C)(C)C. The van der Waals surface area contributed by atoms with E-state index in [2.05, 4.69) is 66.2 Å². The molecule has 45 heavy (non-hydrogen) atoms. The largest absolute Gasteiger partial charge is 0.369 e. The summed E-state index contributed by atoms with van der Waals surface area (Å²) in [6.07, 6.45) is 47.5. The summed E-state index contributed by atoms with van der Waals surface area (Å²) in [5.74, 6) is 0. The third-order valence-electron chi connectivity index (χ3n) is 9.15. The molecule has 0 bridgehead atoms. The summed E-state index contributed by atoms with van der Waals surface area (Å²) >= 11 is 0. The number of unbranched alkanes of at least 4 members (excludes halogenated alkanes) is 24. The van der Waals surface area contributed by atoms with E-state index in [1.807, 2.05) is 0 Å². The third kappa shape index (κ3) is 33.1. The number of nitrogens with zero attached hydrogens (tertiary/aromatic N) is 1. The Hall–Kier alpha value is -0.640. The van der Waals surface area contributed by atoms with Crippen LogP contribution in [-0.4, -0.2) is 51.2 Å². The Morgan fingerprint density at radius 1 is 0.400 bits per heavy atom. The molecule has 2 atom stereocenters. The first-order valence-electron chi connectivity index (χ1n) is 20.3. The van der Waals surface area contributed by atoms with Crippen molar-refractivity contribution in [3.8, 4) is 0 Å². The van der Waals surface area contributed by atoms with Crippen molar-refractivity contribution in [2.24, 2.45) is 0 Å². The molecule has 0 radical (unpaired) electrons. The van der Waals surface area contributed by atoms with Gasteiger partial charge in [-0.2, -0.15) is 0 Å². The first kappa shape index (κ1) is 44.4. The smallest absolute Gasteiger partial charge is 0.219 e. The van der Waals surface area contributed by atoms with E-state index in [4.69, 9.17) is 9.47 Å². The molecule has 0 aromatic heterocycles. The van der Waals surface area contributed by atoms with E-state index >= 15 is 0 Å². The maximum absolute atomic E-state index is 6.40. The topological polar surface area (TPSA) is 18.5 Å². The van der Waals surface area contributed by atoms with E-state index in [0.717, 1.165) is 24.1 Å². The zero-order chi connectivity index (χ0) is 33.1. The van der Waals surface area contributed by atoms with Crippen molar-refractivity contribution in [2.75, 3.05) is 34.4 Å². The van der Waals surface area contributed by atoms with Crippen LogP contribution in [-0.2, 0) is 9.47 Å². The Labute approximate surface area is 285 Å². The van der Waals surface area contributed by atoms with Crippen LogP contribution in [0.5, 0.6) is 0 Å². The molecule has 0 rings (SSSR count). The normalized spacial score (nSPS) is 13.8. The first-order chi connectivity index (χ1) is 21.9. The second kappa shape index (κ2) is 34.7. The predicted molar refractivity (Wildman–Crippen MR) is 202 cm³/mol. The van der Waals surface area contributed by atoms with Crippen molar-refractivity contribution in [2.45, 2.75) is 213 Å². The highest BCUT2D eigenvalue weighted by molar-refractivity contribution is 4.82. The van der Waals surface area contributed by atoms with Gasteiger partial charge in [-0.15, -0.1) is 0 Å². The minimum absolute atomic E-state index is 0.0993. The molecule has 0 aliphatic heterocycles. The van der Waals surface area contributed by atoms with E-state index in [0.29, 0.717) is 0 Å². The predicted octanol–water partition coefficient (Wildman–Crippen LogP) is 13.5. The number of hydrogen-bond acceptors (Lipinski definition) is 2. The van der Waals surface area contributed by atoms with Crippen LogP contribution < -0.4 is 0 Å². The Morgan fingerprint density at radius 3 is 1.02 bits per heavy atom. The average molecular weight is 635 g/mol. The summed E-state index contributed by atoms with van der Waals surface area (Å²) < 4.78 is 13.5. The molecule has 0 fully saturated rings. The lowest BCUT2D eigenvalue weighted by atomic mass is 10.1. The molecule has 0 aromatic rings. The standard InChI is InChI=1S/C42H84NO2/c1-7-9-11-13-15-17-19-21-23-25-27-29-31-33-35-37-39-44-41(3)42(43(4,5)6)45-40-38-36-34-32-30-28-26-24-22-20-18-16-14-12-10-8-2/h21-24,41-42H,7-20,25-40H2,1-6H3/q+1/b23-21-,24-22-. The summed E-state index contributed by atoms with van der Waals surface area (Å²) in [7, 11) is 6.70. The van der Waals surface area contributed by atoms with Gasteiger partial charge in [-0.3, -0.25) is 0 Å². The van der Waals surface area contributed by atoms with Gasteiger partial charge in [0.25, 0.3) is 0 Å². The van der Waals surface area contributed by atoms with E-state index in [-0.39, 0.29) is 12.3 Å². The van der Waals surface area contributed by atoms with Gasteiger partial charge >= 0.3 is 0 Å². The summed E-state index contributed by atoms with van der Waals surface area (Å²) in [6.45, 7) is 8.49. The van der Waals surface area contributed by atoms with Crippen molar-refractivity contribution in [1.82, 2.24) is 0 Å². The van der Waals surface area contributed by atoms with Crippen LogP contribution in [0.25, 0.3) is 0 Å². The molecule has 0 saturated heterocycles. The molecule has 0 amide bonds.